The molecule has 0 unspecified atom stereocenters. The number of aliphatic hydroxyl groups is 2. The third-order valence-corrected chi connectivity index (χ3v) is 19.1. The zero-order valence-electron chi connectivity index (χ0n) is 59.7. The number of carbonyl (C=O) groups excluding carboxylic acids is 12. The number of rotatable bonds is 43. The number of guanidine groups is 1. The van der Waals surface area contributed by atoms with Crippen LogP contribution in [0.3, 0.4) is 0 Å². The Morgan fingerprint density at radius 3 is 1.62 bits per heavy atom. The zero-order valence-corrected chi connectivity index (χ0v) is 61.5. The van der Waals surface area contributed by atoms with E-state index in [0.29, 0.717) is 56.2 Å². The smallest absolute Gasteiger partial charge is 0.326 e. The van der Waals surface area contributed by atoms with Crippen LogP contribution in [0.5, 0.6) is 5.75 Å². The van der Waals surface area contributed by atoms with Gasteiger partial charge in [-0.2, -0.15) is 25.3 Å². The minimum Gasteiger partial charge on any atom is -0.508 e. The number of hydrogen-bond donors (Lipinski definition) is 21. The van der Waals surface area contributed by atoms with Crippen molar-refractivity contribution in [2.45, 2.75) is 210 Å². The summed E-state index contributed by atoms with van der Waals surface area (Å²) in [5.74, 6) is -13.3. The van der Waals surface area contributed by atoms with Crippen molar-refractivity contribution in [2.24, 2.45) is 29.0 Å². The molecule has 0 bridgehead atoms. The van der Waals surface area contributed by atoms with Gasteiger partial charge in [-0.25, -0.2) is 4.79 Å². The van der Waals surface area contributed by atoms with Gasteiger partial charge in [-0.15, -0.1) is 0 Å². The molecule has 2 aromatic rings. The van der Waals surface area contributed by atoms with E-state index in [1.165, 1.54) is 41.0 Å². The molecule has 16 atom stereocenters. The standard InChI is InChI=1S/C68H107N17O17S2/c1-7-36(3)52(63(97)80-49(35-104)61(95)78-47(67(101)102)32-40-17-10-9-11-18-40)81-62(96)50-21-15-29-84(50)65(99)51-22-16-30-85(51)66(100)53(37(4)8-2)82-60(94)48(33-86)79-59(93)46(31-41-23-25-42(88)26-24-41)77-64(98)54(39(6)87)83-55(89)38(5)74-57(91)45(20-14-28-73-68(71)72)76-58(92)44(19-12-13-27-69)75-56(90)43(70)34-103/h9-11,17-18,23-26,36-39,43-54,86-88,103-104H,7-8,12-16,19-22,27-35,69-70H2,1-6H3,(H,74,91)(H,75,90)(H,76,92)(H,77,98)(H,78,95)(H,79,93)(H,80,97)(H,81,96)(H,82,94)(H,83,89)(H,101,102)(H4,71,72,73)/t36-,37-,38-,39+,43-,44-,45-,46-,47-,48-,49-,50-,51-,52-,53-,54-/m0/s1. The summed E-state index contributed by atoms with van der Waals surface area (Å²) in [4.78, 5) is 184. The van der Waals surface area contributed by atoms with Gasteiger partial charge in [-0.3, -0.25) is 62.9 Å². The molecule has 2 heterocycles. The van der Waals surface area contributed by atoms with Crippen LogP contribution in [0.2, 0.25) is 0 Å². The Morgan fingerprint density at radius 2 is 1.05 bits per heavy atom. The van der Waals surface area contributed by atoms with Gasteiger partial charge in [0.25, 0.3) is 0 Å². The van der Waals surface area contributed by atoms with Crippen molar-refractivity contribution < 1.29 is 82.8 Å². The summed E-state index contributed by atoms with van der Waals surface area (Å²) in [6, 6.07) is -3.73. The van der Waals surface area contributed by atoms with Crippen molar-refractivity contribution in [3.8, 4) is 5.75 Å². The van der Waals surface area contributed by atoms with Crippen LogP contribution in [0.15, 0.2) is 54.6 Å². The Balaban J connectivity index is 1.50. The molecule has 2 aromatic carbocycles. The van der Waals surface area contributed by atoms with Crippen LogP contribution in [0.1, 0.15) is 123 Å². The van der Waals surface area contributed by atoms with Crippen LogP contribution in [0, 0.1) is 17.2 Å². The fourth-order valence-electron chi connectivity index (χ4n) is 11.7. The number of thiol groups is 2. The third kappa shape index (κ3) is 27.0. The number of amides is 12. The fourth-order valence-corrected chi connectivity index (χ4v) is 12.1. The third-order valence-electron chi connectivity index (χ3n) is 18.3. The van der Waals surface area contributed by atoms with Crippen LogP contribution in [0.4, 0.5) is 0 Å². The summed E-state index contributed by atoms with van der Waals surface area (Å²) in [5, 5.41) is 77.2. The van der Waals surface area contributed by atoms with Gasteiger partial charge in [0.05, 0.1) is 18.8 Å². The first-order valence-corrected chi connectivity index (χ1v) is 36.3. The normalized spacial score (nSPS) is 18.2. The monoisotopic (exact) mass is 1500 g/mol. The maximum Gasteiger partial charge on any atom is 0.326 e. The molecule has 2 saturated heterocycles. The van der Waals surface area contributed by atoms with Gasteiger partial charge in [0.15, 0.2) is 5.96 Å². The number of nitrogens with zero attached hydrogens (tertiary/aromatic N) is 2. The Bertz CT molecular complexity index is 3250. The average molecular weight is 1500 g/mol. The molecule has 0 spiro atoms. The summed E-state index contributed by atoms with van der Waals surface area (Å²) in [5.41, 5.74) is 17.9. The second kappa shape index (κ2) is 44.1. The Labute approximate surface area is 616 Å². The predicted octanol–water partition coefficient (Wildman–Crippen LogP) is -3.84. The van der Waals surface area contributed by atoms with Gasteiger partial charge in [-0.1, -0.05) is 83.0 Å². The number of nitrogens with one attached hydrogen (secondary N) is 12. The molecule has 22 N–H and O–H groups in total. The van der Waals surface area contributed by atoms with E-state index in [9.17, 15) is 82.8 Å². The number of benzene rings is 2. The highest BCUT2D eigenvalue weighted by Gasteiger charge is 2.46. The van der Waals surface area contributed by atoms with Gasteiger partial charge in [0.1, 0.15) is 78.3 Å². The molecule has 4 rings (SSSR count). The molecule has 2 fully saturated rings. The summed E-state index contributed by atoms with van der Waals surface area (Å²) in [6.45, 7) is 8.81. The number of nitrogens with two attached hydrogens (primary N) is 3. The molecule has 2 aliphatic heterocycles. The number of carboxylic acids is 1. The number of aliphatic hydroxyl groups excluding tert-OH is 2. The second-order valence-electron chi connectivity index (χ2n) is 26.3. The highest BCUT2D eigenvalue weighted by atomic mass is 32.1. The van der Waals surface area contributed by atoms with Crippen LogP contribution in [0.25, 0.3) is 0 Å². The summed E-state index contributed by atoms with van der Waals surface area (Å²) >= 11 is 8.31. The summed E-state index contributed by atoms with van der Waals surface area (Å²) in [7, 11) is 0. The van der Waals surface area contributed by atoms with E-state index in [-0.39, 0.29) is 87.8 Å². The van der Waals surface area contributed by atoms with Crippen molar-refractivity contribution >= 4 is 108 Å². The van der Waals surface area contributed by atoms with E-state index >= 15 is 0 Å². The summed E-state index contributed by atoms with van der Waals surface area (Å²) < 4.78 is 0. The van der Waals surface area contributed by atoms with Crippen molar-refractivity contribution in [1.82, 2.24) is 68.3 Å². The topological polar surface area (TPSA) is 544 Å². The highest BCUT2D eigenvalue weighted by molar-refractivity contribution is 7.80. The minimum atomic E-state index is -1.84. The SMILES string of the molecule is CC[C@H](C)[C@H](NC(=O)[C@@H]1CCCN1C(=O)[C@@H]1CCCN1C(=O)[C@@H](NC(=O)[C@H](CO)NC(=O)[C@H](Cc1ccc(O)cc1)NC(=O)[C@@H](NC(=O)[C@H](C)NC(=O)[C@H](CCCNC(=N)N)NC(=O)[C@H](CCCCN)NC(=O)[C@@H](N)CS)[C@@H](C)O)[C@@H](C)CC)C(=O)N[C@@H](CS)C(=O)N[C@@H](Cc1ccccc1)C(=O)O. The van der Waals surface area contributed by atoms with E-state index < -0.39 is 180 Å². The molecule has 0 radical (unpaired) electrons. The number of phenols is 1. The quantitative estimate of drug-likeness (QED) is 0.0131. The Kier molecular flexibility index (Phi) is 37.1. The molecule has 12 amide bonds. The number of likely N-dealkylation sites (tertiary alicyclic amines) is 2. The first kappa shape index (κ1) is 87.6. The molecule has 2 aliphatic rings. The van der Waals surface area contributed by atoms with Crippen molar-refractivity contribution in [1.29, 1.82) is 5.41 Å². The zero-order chi connectivity index (χ0) is 77.5. The highest BCUT2D eigenvalue weighted by Crippen LogP contribution is 2.28. The first-order chi connectivity index (χ1) is 49.3. The predicted molar refractivity (Wildman–Crippen MR) is 389 cm³/mol. The van der Waals surface area contributed by atoms with Crippen molar-refractivity contribution in [2.75, 3.05) is 44.3 Å². The molecule has 0 aliphatic carbocycles. The molecule has 578 valence electrons. The maximum absolute atomic E-state index is 14.8. The van der Waals surface area contributed by atoms with Crippen LogP contribution in [-0.4, -0.2) is 242 Å². The molecule has 0 saturated carbocycles. The largest absolute Gasteiger partial charge is 0.508 e. The number of hydrogen-bond acceptors (Lipinski definition) is 21. The number of unbranched alkanes of at least 4 members (excludes halogenated alkanes) is 1. The Morgan fingerprint density at radius 1 is 0.558 bits per heavy atom. The number of aliphatic carboxylic acids is 1. The minimum absolute atomic E-state index is 0.0358. The molecule has 36 heteroatoms. The average Bonchev–Trinajstić information content (AvgIpc) is 1.63. The lowest BCUT2D eigenvalue weighted by molar-refractivity contribution is -0.149. The van der Waals surface area contributed by atoms with E-state index in [0.717, 1.165) is 6.92 Å². The number of carboxylic acid groups (broad SMARTS) is 1. The van der Waals surface area contributed by atoms with Gasteiger partial charge in [-0.05, 0) is 113 Å². The lowest BCUT2D eigenvalue weighted by Crippen LogP contribution is -2.62. The second-order valence-corrected chi connectivity index (χ2v) is 27.0. The van der Waals surface area contributed by atoms with Crippen LogP contribution < -0.4 is 75.7 Å². The number of phenolic OH excluding ortho intramolecular Hbond substituents is 1. The molecule has 0 aromatic heterocycles. The van der Waals surface area contributed by atoms with E-state index in [1.807, 2.05) is 0 Å². The molecule has 104 heavy (non-hydrogen) atoms. The van der Waals surface area contributed by atoms with E-state index in [2.05, 4.69) is 83.7 Å². The Hall–Kier alpha value is -8.84. The summed E-state index contributed by atoms with van der Waals surface area (Å²) in [6.07, 6.45) is 0.818. The lowest BCUT2D eigenvalue weighted by Gasteiger charge is -2.35. The van der Waals surface area contributed by atoms with Gasteiger partial charge >= 0.3 is 5.97 Å². The van der Waals surface area contributed by atoms with Gasteiger partial charge < -0.3 is 106 Å². The van der Waals surface area contributed by atoms with Crippen LogP contribution >= 0.6 is 25.3 Å². The molecular formula is C68H107N17O17S2. The van der Waals surface area contributed by atoms with Gasteiger partial charge in [0.2, 0.25) is 70.9 Å². The molecule has 34 nitrogen and oxygen atoms in total. The van der Waals surface area contributed by atoms with Crippen molar-refractivity contribution in [3.63, 3.8) is 0 Å². The number of aromatic hydroxyl groups is 1. The van der Waals surface area contributed by atoms with E-state index in [1.54, 1.807) is 58.0 Å². The maximum atomic E-state index is 14.8. The molecular weight excluding hydrogens is 1390 g/mol. The lowest BCUT2D eigenvalue weighted by atomic mass is 9.96. The fraction of sp³-hybridized carbons (Fsp3) is 0.618. The van der Waals surface area contributed by atoms with Crippen LogP contribution in [-0.2, 0) is 75.2 Å². The van der Waals surface area contributed by atoms with E-state index in [4.69, 9.17) is 22.6 Å². The van der Waals surface area contributed by atoms with Crippen molar-refractivity contribution in [3.05, 3.63) is 65.7 Å². The van der Waals surface area contributed by atoms with Gasteiger partial charge in [0, 0.05) is 44.0 Å². The number of carbonyl (C=O) groups is 13. The first-order valence-electron chi connectivity index (χ1n) is 35.1.